The van der Waals surface area contributed by atoms with Crippen LogP contribution < -0.4 is 0 Å². The highest BCUT2D eigenvalue weighted by Gasteiger charge is 2.09. The average Bonchev–Trinajstić information content (AvgIpc) is 2.18. The van der Waals surface area contributed by atoms with Crippen molar-refractivity contribution < 1.29 is 4.39 Å². The first-order chi connectivity index (χ1) is 7.02. The molecule has 0 aliphatic carbocycles. The number of halogens is 1. The summed E-state index contributed by atoms with van der Waals surface area (Å²) in [7, 11) is 0. The van der Waals surface area contributed by atoms with E-state index < -0.39 is 0 Å². The van der Waals surface area contributed by atoms with E-state index in [1.807, 2.05) is 19.9 Å². The standard InChI is InChI=1S/C14H23F/c1-6-8-11(3)13(5)10-14(15)12(4)9-7-2/h6,10-12H,1,5,7-9H2,2-4H3/b14-10+. The van der Waals surface area contributed by atoms with Crippen molar-refractivity contribution in [3.63, 3.8) is 0 Å². The Kier molecular flexibility index (Phi) is 7.02. The fraction of sp³-hybridized carbons (Fsp3) is 0.571. The molecule has 0 spiro atoms. The van der Waals surface area contributed by atoms with Gasteiger partial charge in [0.2, 0.25) is 0 Å². The monoisotopic (exact) mass is 210 g/mol. The number of hydrogen-bond acceptors (Lipinski definition) is 0. The van der Waals surface area contributed by atoms with Crippen molar-refractivity contribution in [2.45, 2.75) is 40.0 Å². The zero-order valence-electron chi connectivity index (χ0n) is 10.2. The van der Waals surface area contributed by atoms with E-state index in [4.69, 9.17) is 0 Å². The summed E-state index contributed by atoms with van der Waals surface area (Å²) < 4.78 is 13.6. The van der Waals surface area contributed by atoms with Crippen molar-refractivity contribution >= 4 is 0 Å². The lowest BCUT2D eigenvalue weighted by atomic mass is 9.96. The van der Waals surface area contributed by atoms with Gasteiger partial charge in [0.15, 0.2) is 0 Å². The molecule has 2 atom stereocenters. The molecule has 0 bridgehead atoms. The van der Waals surface area contributed by atoms with Crippen LogP contribution in [0.5, 0.6) is 0 Å². The van der Waals surface area contributed by atoms with Crippen LogP contribution in [0.25, 0.3) is 0 Å². The number of allylic oxidation sites excluding steroid dienone is 4. The molecule has 2 unspecified atom stereocenters. The minimum absolute atomic E-state index is 0.0164. The van der Waals surface area contributed by atoms with Gasteiger partial charge in [0.05, 0.1) is 0 Å². The first kappa shape index (κ1) is 14.2. The van der Waals surface area contributed by atoms with Crippen molar-refractivity contribution in [3.8, 4) is 0 Å². The molecule has 0 amide bonds. The normalized spacial score (nSPS) is 15.9. The molecule has 0 rings (SSSR count). The third kappa shape index (κ3) is 5.56. The first-order valence-corrected chi connectivity index (χ1v) is 5.69. The lowest BCUT2D eigenvalue weighted by Crippen LogP contribution is -1.99. The van der Waals surface area contributed by atoms with Crippen LogP contribution in [0.3, 0.4) is 0 Å². The Morgan fingerprint density at radius 1 is 1.33 bits per heavy atom. The van der Waals surface area contributed by atoms with Gasteiger partial charge in [-0.25, -0.2) is 4.39 Å². The van der Waals surface area contributed by atoms with E-state index in [9.17, 15) is 4.39 Å². The van der Waals surface area contributed by atoms with Crippen molar-refractivity contribution in [2.24, 2.45) is 11.8 Å². The Bertz CT molecular complexity index is 238. The third-order valence-electron chi connectivity index (χ3n) is 2.67. The van der Waals surface area contributed by atoms with Crippen LogP contribution in [-0.2, 0) is 0 Å². The Labute approximate surface area is 93.6 Å². The molecule has 0 aliphatic rings. The molecule has 0 fully saturated rings. The maximum absolute atomic E-state index is 13.6. The van der Waals surface area contributed by atoms with Crippen LogP contribution in [-0.4, -0.2) is 0 Å². The Morgan fingerprint density at radius 2 is 1.93 bits per heavy atom. The van der Waals surface area contributed by atoms with Crippen LogP contribution in [0, 0.1) is 11.8 Å². The SMILES string of the molecule is C=CCC(C)C(=C)/C=C(/F)C(C)CCC. The maximum atomic E-state index is 13.6. The Balaban J connectivity index is 4.33. The predicted molar refractivity (Wildman–Crippen MR) is 66.4 cm³/mol. The van der Waals surface area contributed by atoms with Crippen molar-refractivity contribution in [2.75, 3.05) is 0 Å². The van der Waals surface area contributed by atoms with Crippen LogP contribution in [0.15, 0.2) is 36.7 Å². The van der Waals surface area contributed by atoms with Crippen LogP contribution in [0.2, 0.25) is 0 Å². The summed E-state index contributed by atoms with van der Waals surface area (Å²) in [6.45, 7) is 13.6. The summed E-state index contributed by atoms with van der Waals surface area (Å²) in [4.78, 5) is 0. The van der Waals surface area contributed by atoms with Crippen molar-refractivity contribution in [1.29, 1.82) is 0 Å². The second kappa shape index (κ2) is 7.44. The molecule has 0 radical (unpaired) electrons. The molecule has 0 N–H and O–H groups in total. The minimum Gasteiger partial charge on any atom is -0.212 e. The molecule has 0 aromatic heterocycles. The molecular weight excluding hydrogens is 187 g/mol. The van der Waals surface area contributed by atoms with Crippen LogP contribution in [0.4, 0.5) is 4.39 Å². The Hall–Kier alpha value is -0.850. The van der Waals surface area contributed by atoms with Gasteiger partial charge < -0.3 is 0 Å². The van der Waals surface area contributed by atoms with E-state index in [1.165, 1.54) is 0 Å². The topological polar surface area (TPSA) is 0 Å². The molecular formula is C14H23F. The largest absolute Gasteiger partial charge is 0.212 e. The fourth-order valence-corrected chi connectivity index (χ4v) is 1.43. The van der Waals surface area contributed by atoms with Gasteiger partial charge in [0, 0.05) is 5.92 Å². The van der Waals surface area contributed by atoms with E-state index in [2.05, 4.69) is 20.1 Å². The van der Waals surface area contributed by atoms with Gasteiger partial charge >= 0.3 is 0 Å². The Morgan fingerprint density at radius 3 is 2.40 bits per heavy atom. The minimum atomic E-state index is -0.0437. The second-order valence-electron chi connectivity index (χ2n) is 4.22. The van der Waals surface area contributed by atoms with Gasteiger partial charge in [0.25, 0.3) is 0 Å². The van der Waals surface area contributed by atoms with Crippen LogP contribution >= 0.6 is 0 Å². The van der Waals surface area contributed by atoms with E-state index in [-0.39, 0.29) is 17.7 Å². The van der Waals surface area contributed by atoms with Crippen molar-refractivity contribution in [1.82, 2.24) is 0 Å². The van der Waals surface area contributed by atoms with Crippen molar-refractivity contribution in [3.05, 3.63) is 36.7 Å². The fourth-order valence-electron chi connectivity index (χ4n) is 1.43. The van der Waals surface area contributed by atoms with E-state index in [1.54, 1.807) is 6.08 Å². The predicted octanol–water partition coefficient (Wildman–Crippen LogP) is 5.04. The number of rotatable bonds is 7. The third-order valence-corrected chi connectivity index (χ3v) is 2.67. The van der Waals surface area contributed by atoms with E-state index in [0.29, 0.717) is 0 Å². The highest BCUT2D eigenvalue weighted by Crippen LogP contribution is 2.22. The highest BCUT2D eigenvalue weighted by atomic mass is 19.1. The zero-order valence-corrected chi connectivity index (χ0v) is 10.2. The smallest absolute Gasteiger partial charge is 0.103 e. The highest BCUT2D eigenvalue weighted by molar-refractivity contribution is 5.21. The van der Waals surface area contributed by atoms with E-state index in [0.717, 1.165) is 24.8 Å². The van der Waals surface area contributed by atoms with Crippen LogP contribution in [0.1, 0.15) is 40.0 Å². The molecule has 0 aromatic carbocycles. The molecule has 0 aliphatic heterocycles. The maximum Gasteiger partial charge on any atom is 0.103 e. The molecule has 0 saturated heterocycles. The van der Waals surface area contributed by atoms with Gasteiger partial charge in [-0.1, -0.05) is 39.8 Å². The summed E-state index contributed by atoms with van der Waals surface area (Å²) in [5.41, 5.74) is 0.857. The summed E-state index contributed by atoms with van der Waals surface area (Å²) >= 11 is 0. The van der Waals surface area contributed by atoms with Gasteiger partial charge in [0.1, 0.15) is 5.83 Å². The summed E-state index contributed by atoms with van der Waals surface area (Å²) in [5, 5.41) is 0. The first-order valence-electron chi connectivity index (χ1n) is 5.69. The quantitative estimate of drug-likeness (QED) is 0.407. The summed E-state index contributed by atoms with van der Waals surface area (Å²) in [6, 6.07) is 0. The number of hydrogen-bond donors (Lipinski definition) is 0. The molecule has 86 valence electrons. The summed E-state index contributed by atoms with van der Waals surface area (Å²) in [6.07, 6.45) is 6.19. The van der Waals surface area contributed by atoms with Gasteiger partial charge in [-0.05, 0) is 30.4 Å². The second-order valence-corrected chi connectivity index (χ2v) is 4.22. The molecule has 15 heavy (non-hydrogen) atoms. The molecule has 0 aromatic rings. The molecule has 0 nitrogen and oxygen atoms in total. The molecule has 0 heterocycles. The van der Waals surface area contributed by atoms with E-state index >= 15 is 0 Å². The average molecular weight is 210 g/mol. The zero-order chi connectivity index (χ0) is 11.8. The molecule has 0 saturated carbocycles. The van der Waals surface area contributed by atoms with Gasteiger partial charge in [-0.15, -0.1) is 6.58 Å². The van der Waals surface area contributed by atoms with Gasteiger partial charge in [-0.3, -0.25) is 0 Å². The van der Waals surface area contributed by atoms with Gasteiger partial charge in [-0.2, -0.15) is 0 Å². The molecule has 1 heteroatoms. The summed E-state index contributed by atoms with van der Waals surface area (Å²) in [5.74, 6) is 0.252. The lowest BCUT2D eigenvalue weighted by Gasteiger charge is -2.11. The lowest BCUT2D eigenvalue weighted by molar-refractivity contribution is 0.462.